The molecule has 2 atom stereocenters. The average molecular weight is 541 g/mol. The second-order valence-electron chi connectivity index (χ2n) is 9.17. The third-order valence-corrected chi connectivity index (χ3v) is 6.59. The number of nitrogens with one attached hydrogen (secondary N) is 1. The van der Waals surface area contributed by atoms with Crippen molar-refractivity contribution in [3.05, 3.63) is 82.5 Å². The van der Waals surface area contributed by atoms with Gasteiger partial charge in [0.2, 0.25) is 0 Å². The van der Waals surface area contributed by atoms with Crippen molar-refractivity contribution in [1.29, 1.82) is 0 Å². The van der Waals surface area contributed by atoms with E-state index in [1.54, 1.807) is 30.3 Å². The van der Waals surface area contributed by atoms with Gasteiger partial charge in [0.05, 0.1) is 28.9 Å². The summed E-state index contributed by atoms with van der Waals surface area (Å²) in [6.07, 6.45) is -9.84. The van der Waals surface area contributed by atoms with E-state index in [1.807, 2.05) is 0 Å². The number of ether oxygens (including phenoxy) is 1. The summed E-state index contributed by atoms with van der Waals surface area (Å²) in [6.45, 7) is 1.87. The van der Waals surface area contributed by atoms with E-state index in [-0.39, 0.29) is 36.1 Å². The van der Waals surface area contributed by atoms with Crippen molar-refractivity contribution in [3.8, 4) is 11.3 Å². The van der Waals surface area contributed by atoms with Gasteiger partial charge in [0.15, 0.2) is 0 Å². The van der Waals surface area contributed by atoms with Crippen molar-refractivity contribution in [2.24, 2.45) is 0 Å². The predicted molar refractivity (Wildman–Crippen MR) is 127 cm³/mol. The van der Waals surface area contributed by atoms with E-state index in [1.165, 1.54) is 17.6 Å². The summed E-state index contributed by atoms with van der Waals surface area (Å²) in [4.78, 5) is 13.1. The molecule has 2 heterocycles. The number of benzene rings is 2. The molecule has 11 heteroatoms. The number of aliphatic hydroxyl groups excluding tert-OH is 1. The lowest BCUT2D eigenvalue weighted by molar-refractivity contribution is -0.141. The minimum Gasteiger partial charge on any atom is -0.387 e. The Hall–Kier alpha value is -3.31. The number of alkyl halides is 6. The van der Waals surface area contributed by atoms with Gasteiger partial charge in [-0.05, 0) is 49.6 Å². The largest absolute Gasteiger partial charge is 0.417 e. The number of rotatable bonds is 7. The second kappa shape index (κ2) is 10.8. The van der Waals surface area contributed by atoms with Gasteiger partial charge in [0.1, 0.15) is 0 Å². The highest BCUT2D eigenvalue weighted by atomic mass is 19.4. The van der Waals surface area contributed by atoms with Crippen LogP contribution in [0.3, 0.4) is 0 Å². The minimum atomic E-state index is -4.94. The predicted octanol–water partition coefficient (Wildman–Crippen LogP) is 6.14. The van der Waals surface area contributed by atoms with Gasteiger partial charge in [-0.3, -0.25) is 4.79 Å². The molecule has 5 nitrogen and oxygen atoms in total. The quantitative estimate of drug-likeness (QED) is 0.354. The summed E-state index contributed by atoms with van der Waals surface area (Å²) < 4.78 is 89.2. The number of amides is 1. The summed E-state index contributed by atoms with van der Waals surface area (Å²) >= 11 is 0. The fourth-order valence-corrected chi connectivity index (χ4v) is 4.58. The number of hydrogen-bond donors (Lipinski definition) is 2. The Morgan fingerprint density at radius 1 is 1.08 bits per heavy atom. The van der Waals surface area contributed by atoms with Crippen LogP contribution >= 0.6 is 0 Å². The Labute approximate surface area is 215 Å². The van der Waals surface area contributed by atoms with Crippen LogP contribution in [0, 0.1) is 6.92 Å². The number of aromatic nitrogens is 1. The molecule has 1 aliphatic rings. The highest BCUT2D eigenvalue weighted by Crippen LogP contribution is 2.42. The number of carbonyl (C=O) groups is 1. The second-order valence-corrected chi connectivity index (χ2v) is 9.17. The Morgan fingerprint density at radius 3 is 2.39 bits per heavy atom. The molecule has 0 radical (unpaired) electrons. The van der Waals surface area contributed by atoms with Crippen molar-refractivity contribution < 1.29 is 41.0 Å². The van der Waals surface area contributed by atoms with Gasteiger partial charge in [0.25, 0.3) is 5.91 Å². The van der Waals surface area contributed by atoms with Crippen molar-refractivity contribution >= 4 is 5.91 Å². The van der Waals surface area contributed by atoms with E-state index in [2.05, 4.69) is 5.32 Å². The highest BCUT2D eigenvalue weighted by Gasteiger charge is 2.38. The summed E-state index contributed by atoms with van der Waals surface area (Å²) in [6, 6.07) is 11.0. The Kier molecular flexibility index (Phi) is 7.89. The summed E-state index contributed by atoms with van der Waals surface area (Å²) in [5.74, 6) is -0.676. The highest BCUT2D eigenvalue weighted by molar-refractivity contribution is 5.97. The molecule has 1 saturated heterocycles. The maximum Gasteiger partial charge on any atom is 0.417 e. The zero-order valence-corrected chi connectivity index (χ0v) is 20.4. The summed E-state index contributed by atoms with van der Waals surface area (Å²) in [7, 11) is 0. The van der Waals surface area contributed by atoms with E-state index in [0.717, 1.165) is 6.42 Å². The number of aliphatic hydroxyl groups is 1. The molecule has 1 aliphatic heterocycles. The van der Waals surface area contributed by atoms with Crippen molar-refractivity contribution in [2.75, 3.05) is 13.2 Å². The van der Waals surface area contributed by atoms with E-state index >= 15 is 0 Å². The fraction of sp³-hybridized carbons (Fsp3) is 0.370. The molecule has 0 bridgehead atoms. The molecule has 1 amide bonds. The van der Waals surface area contributed by atoms with Crippen LogP contribution in [-0.4, -0.2) is 34.8 Å². The lowest BCUT2D eigenvalue weighted by Gasteiger charge is -2.20. The van der Waals surface area contributed by atoms with Crippen LogP contribution in [0.4, 0.5) is 26.3 Å². The zero-order chi connectivity index (χ0) is 27.7. The van der Waals surface area contributed by atoms with Crippen LogP contribution in [0.25, 0.3) is 11.3 Å². The maximum absolute atomic E-state index is 13.9. The molecular weight excluding hydrogens is 514 g/mol. The Balaban J connectivity index is 1.76. The van der Waals surface area contributed by atoms with Crippen LogP contribution in [0.15, 0.2) is 54.6 Å². The molecule has 38 heavy (non-hydrogen) atoms. The first-order valence-corrected chi connectivity index (χ1v) is 12.0. The summed E-state index contributed by atoms with van der Waals surface area (Å²) in [5.41, 5.74) is -2.53. The van der Waals surface area contributed by atoms with Gasteiger partial charge in [0, 0.05) is 36.6 Å². The molecular formula is C27H26F6N2O3. The molecule has 4 rings (SSSR count). The monoisotopic (exact) mass is 540 g/mol. The van der Waals surface area contributed by atoms with E-state index in [9.17, 15) is 36.2 Å². The van der Waals surface area contributed by atoms with E-state index in [0.29, 0.717) is 36.8 Å². The van der Waals surface area contributed by atoms with Crippen molar-refractivity contribution in [2.45, 2.75) is 50.9 Å². The standard InChI is InChI=1S/C27H26F6N2O3/c1-16-20(25(37)34-14-24(36)17-6-3-2-4-7-17)13-23(35(16)15-19-8-5-11-38-19)21-12-18(26(28,29)30)9-10-22(21)27(31,32)33/h2-4,6-7,9-10,12-13,19,24,36H,5,8,11,14-15H2,1H3,(H,34,37)/t19-,24-/m1/s1. The normalized spacial score (nSPS) is 17.0. The molecule has 2 N–H and O–H groups in total. The van der Waals surface area contributed by atoms with Crippen LogP contribution in [-0.2, 0) is 23.6 Å². The van der Waals surface area contributed by atoms with Gasteiger partial charge in [-0.2, -0.15) is 26.3 Å². The SMILES string of the molecule is Cc1c(C(=O)NC[C@@H](O)c2ccccc2)cc(-c2cc(C(F)(F)F)ccc2C(F)(F)F)n1C[C@H]1CCCO1. The maximum atomic E-state index is 13.9. The number of halogens is 6. The average Bonchev–Trinajstić information content (AvgIpc) is 3.50. The van der Waals surface area contributed by atoms with Gasteiger partial charge < -0.3 is 19.7 Å². The van der Waals surface area contributed by atoms with Gasteiger partial charge >= 0.3 is 12.4 Å². The number of carbonyl (C=O) groups excluding carboxylic acids is 1. The minimum absolute atomic E-state index is 0.0104. The first kappa shape index (κ1) is 27.7. The van der Waals surface area contributed by atoms with Crippen LogP contribution < -0.4 is 5.32 Å². The first-order valence-electron chi connectivity index (χ1n) is 12.0. The molecule has 1 fully saturated rings. The molecule has 0 saturated carbocycles. The van der Waals surface area contributed by atoms with Gasteiger partial charge in [-0.15, -0.1) is 0 Å². The number of hydrogen-bond acceptors (Lipinski definition) is 3. The van der Waals surface area contributed by atoms with Gasteiger partial charge in [-0.25, -0.2) is 0 Å². The smallest absolute Gasteiger partial charge is 0.387 e. The van der Waals surface area contributed by atoms with Crippen LogP contribution in [0.2, 0.25) is 0 Å². The molecule has 2 aromatic carbocycles. The Morgan fingerprint density at radius 2 is 1.79 bits per heavy atom. The summed E-state index contributed by atoms with van der Waals surface area (Å²) in [5, 5.41) is 12.9. The molecule has 0 spiro atoms. The van der Waals surface area contributed by atoms with Crippen LogP contribution in [0.1, 0.15) is 51.7 Å². The zero-order valence-electron chi connectivity index (χ0n) is 20.4. The Bertz CT molecular complexity index is 1280. The third-order valence-electron chi connectivity index (χ3n) is 6.59. The van der Waals surface area contributed by atoms with E-state index < -0.39 is 41.1 Å². The fourth-order valence-electron chi connectivity index (χ4n) is 4.58. The molecule has 0 aliphatic carbocycles. The number of nitrogens with zero attached hydrogens (tertiary/aromatic N) is 1. The lowest BCUT2D eigenvalue weighted by Crippen LogP contribution is -2.28. The van der Waals surface area contributed by atoms with E-state index in [4.69, 9.17) is 4.74 Å². The molecule has 3 aromatic rings. The molecule has 0 unspecified atom stereocenters. The lowest BCUT2D eigenvalue weighted by atomic mass is 9.99. The third kappa shape index (κ3) is 6.05. The van der Waals surface area contributed by atoms with Crippen molar-refractivity contribution in [3.63, 3.8) is 0 Å². The van der Waals surface area contributed by atoms with Crippen molar-refractivity contribution in [1.82, 2.24) is 9.88 Å². The first-order chi connectivity index (χ1) is 17.9. The van der Waals surface area contributed by atoms with Gasteiger partial charge in [-0.1, -0.05) is 30.3 Å². The molecule has 1 aromatic heterocycles. The van der Waals surface area contributed by atoms with Crippen LogP contribution in [0.5, 0.6) is 0 Å². The molecule has 204 valence electrons. The topological polar surface area (TPSA) is 63.5 Å².